The summed E-state index contributed by atoms with van der Waals surface area (Å²) in [6.07, 6.45) is 2.36. The minimum absolute atomic E-state index is 0.0776. The van der Waals surface area contributed by atoms with E-state index in [0.29, 0.717) is 24.4 Å². The number of hydrogen-bond donors (Lipinski definition) is 1. The third kappa shape index (κ3) is 4.15. The van der Waals surface area contributed by atoms with Crippen LogP contribution in [-0.2, 0) is 16.1 Å². The van der Waals surface area contributed by atoms with Gasteiger partial charge < -0.3 is 5.32 Å². The summed E-state index contributed by atoms with van der Waals surface area (Å²) < 4.78 is 0. The molecule has 0 spiro atoms. The summed E-state index contributed by atoms with van der Waals surface area (Å²) in [7, 11) is 0. The second kappa shape index (κ2) is 8.14. The van der Waals surface area contributed by atoms with E-state index in [1.807, 2.05) is 60.0 Å². The molecule has 1 aromatic heterocycles. The van der Waals surface area contributed by atoms with E-state index in [0.717, 1.165) is 16.1 Å². The van der Waals surface area contributed by atoms with Crippen LogP contribution in [0.25, 0.3) is 10.6 Å². The van der Waals surface area contributed by atoms with Crippen LogP contribution in [0.5, 0.6) is 0 Å². The molecule has 2 amide bonds. The van der Waals surface area contributed by atoms with E-state index >= 15 is 0 Å². The third-order valence-electron chi connectivity index (χ3n) is 4.34. The topological polar surface area (TPSA) is 74.7 Å². The number of rotatable bonds is 5. The molecule has 0 unspecified atom stereocenters. The monoisotopic (exact) mass is 390 g/mol. The van der Waals surface area contributed by atoms with Gasteiger partial charge in [-0.1, -0.05) is 42.5 Å². The van der Waals surface area contributed by atoms with Gasteiger partial charge in [0.2, 0.25) is 5.91 Å². The molecule has 0 saturated heterocycles. The molecule has 2 aromatic carbocycles. The molecule has 3 aromatic rings. The summed E-state index contributed by atoms with van der Waals surface area (Å²) in [6, 6.07) is 17.1. The van der Waals surface area contributed by atoms with E-state index in [9.17, 15) is 9.59 Å². The molecule has 0 fully saturated rings. The predicted octanol–water partition coefficient (Wildman–Crippen LogP) is 3.93. The van der Waals surface area contributed by atoms with Crippen LogP contribution in [-0.4, -0.2) is 27.5 Å². The summed E-state index contributed by atoms with van der Waals surface area (Å²) in [4.78, 5) is 29.2. The second-order valence-corrected chi connectivity index (χ2v) is 7.25. The Morgan fingerprint density at radius 1 is 1.11 bits per heavy atom. The average Bonchev–Trinajstić information content (AvgIpc) is 3.25. The number of nitrogens with one attached hydrogen (secondary N) is 1. The molecular formula is C21H18N4O2S. The molecule has 28 heavy (non-hydrogen) atoms. The number of carbonyl (C=O) groups excluding carboxylic acids is 2. The van der Waals surface area contributed by atoms with Gasteiger partial charge in [-0.3, -0.25) is 9.59 Å². The Morgan fingerprint density at radius 2 is 1.96 bits per heavy atom. The number of aromatic nitrogens is 1. The van der Waals surface area contributed by atoms with E-state index < -0.39 is 0 Å². The molecule has 4 rings (SSSR count). The number of benzene rings is 2. The maximum Gasteiger partial charge on any atom is 0.271 e. The van der Waals surface area contributed by atoms with Gasteiger partial charge in [-0.15, -0.1) is 11.3 Å². The van der Waals surface area contributed by atoms with Crippen molar-refractivity contribution in [3.05, 3.63) is 71.7 Å². The highest BCUT2D eigenvalue weighted by Gasteiger charge is 2.24. The first kappa shape index (κ1) is 18.1. The maximum atomic E-state index is 12.7. The lowest BCUT2D eigenvalue weighted by molar-refractivity contribution is -0.132. The van der Waals surface area contributed by atoms with Crippen LogP contribution < -0.4 is 5.32 Å². The van der Waals surface area contributed by atoms with Gasteiger partial charge in [-0.05, 0) is 17.7 Å². The highest BCUT2D eigenvalue weighted by Crippen LogP contribution is 2.24. The largest absolute Gasteiger partial charge is 0.321 e. The number of nitrogens with zero attached hydrogens (tertiary/aromatic N) is 3. The van der Waals surface area contributed by atoms with Crippen molar-refractivity contribution in [2.75, 3.05) is 5.32 Å². The minimum atomic E-state index is -0.290. The van der Waals surface area contributed by atoms with Gasteiger partial charge in [0.05, 0.1) is 6.54 Å². The standard InChI is InChI=1S/C21H18N4O2S/c26-19-10-9-18(24-25(19)14-15-5-2-1-3-6-15)20(27)23-17-8-4-7-16(13-17)21-22-11-12-28-21/h1-8,11-13H,9-10,14H2,(H,23,27). The van der Waals surface area contributed by atoms with Crippen molar-refractivity contribution >= 4 is 34.6 Å². The summed E-state index contributed by atoms with van der Waals surface area (Å²) in [5.41, 5.74) is 2.94. The molecule has 1 aliphatic rings. The highest BCUT2D eigenvalue weighted by molar-refractivity contribution is 7.13. The third-order valence-corrected chi connectivity index (χ3v) is 5.16. The zero-order chi connectivity index (χ0) is 19.3. The number of amides is 2. The van der Waals surface area contributed by atoms with Crippen molar-refractivity contribution in [3.8, 4) is 10.6 Å². The number of anilines is 1. The van der Waals surface area contributed by atoms with Crippen LogP contribution >= 0.6 is 11.3 Å². The van der Waals surface area contributed by atoms with Crippen LogP contribution in [0.2, 0.25) is 0 Å². The molecule has 0 saturated carbocycles. The lowest BCUT2D eigenvalue weighted by Crippen LogP contribution is -2.36. The molecule has 7 heteroatoms. The lowest BCUT2D eigenvalue weighted by Gasteiger charge is -2.23. The molecule has 0 radical (unpaired) electrons. The first-order valence-corrected chi connectivity index (χ1v) is 9.80. The Morgan fingerprint density at radius 3 is 2.75 bits per heavy atom. The van der Waals surface area contributed by atoms with E-state index in [1.165, 1.54) is 5.01 Å². The lowest BCUT2D eigenvalue weighted by atomic mass is 10.1. The summed E-state index contributed by atoms with van der Waals surface area (Å²) in [6.45, 7) is 0.357. The highest BCUT2D eigenvalue weighted by atomic mass is 32.1. The van der Waals surface area contributed by atoms with Gasteiger partial charge in [0.15, 0.2) is 0 Å². The van der Waals surface area contributed by atoms with Crippen LogP contribution in [0, 0.1) is 0 Å². The van der Waals surface area contributed by atoms with Crippen LogP contribution in [0.1, 0.15) is 18.4 Å². The van der Waals surface area contributed by atoms with Crippen molar-refractivity contribution in [1.82, 2.24) is 9.99 Å². The van der Waals surface area contributed by atoms with Gasteiger partial charge in [0, 0.05) is 35.7 Å². The van der Waals surface area contributed by atoms with Gasteiger partial charge >= 0.3 is 0 Å². The van der Waals surface area contributed by atoms with Crippen LogP contribution in [0.15, 0.2) is 71.3 Å². The quantitative estimate of drug-likeness (QED) is 0.717. The van der Waals surface area contributed by atoms with Crippen LogP contribution in [0.3, 0.4) is 0 Å². The van der Waals surface area contributed by atoms with E-state index in [1.54, 1.807) is 17.5 Å². The fourth-order valence-electron chi connectivity index (χ4n) is 2.94. The molecular weight excluding hydrogens is 372 g/mol. The number of carbonyl (C=O) groups is 2. The Hall–Kier alpha value is -3.32. The minimum Gasteiger partial charge on any atom is -0.321 e. The Kier molecular flexibility index (Phi) is 5.25. The van der Waals surface area contributed by atoms with Crippen molar-refractivity contribution in [2.45, 2.75) is 19.4 Å². The molecule has 140 valence electrons. The van der Waals surface area contributed by atoms with Gasteiger partial charge in [0.25, 0.3) is 5.91 Å². The number of thiazole rings is 1. The van der Waals surface area contributed by atoms with Gasteiger partial charge in [-0.25, -0.2) is 9.99 Å². The maximum absolute atomic E-state index is 12.7. The fourth-order valence-corrected chi connectivity index (χ4v) is 3.58. The van der Waals surface area contributed by atoms with Crippen molar-refractivity contribution in [3.63, 3.8) is 0 Å². The van der Waals surface area contributed by atoms with E-state index in [2.05, 4.69) is 15.4 Å². The average molecular weight is 390 g/mol. The molecule has 6 nitrogen and oxygen atoms in total. The first-order chi connectivity index (χ1) is 13.7. The summed E-state index contributed by atoms with van der Waals surface area (Å²) in [5, 5.41) is 11.4. The van der Waals surface area contributed by atoms with E-state index in [4.69, 9.17) is 0 Å². The molecule has 2 heterocycles. The predicted molar refractivity (Wildman–Crippen MR) is 110 cm³/mol. The molecule has 0 atom stereocenters. The normalized spacial score (nSPS) is 13.9. The number of hydrazone groups is 1. The Balaban J connectivity index is 1.49. The van der Waals surface area contributed by atoms with Crippen molar-refractivity contribution < 1.29 is 9.59 Å². The fraction of sp³-hybridized carbons (Fsp3) is 0.143. The number of hydrogen-bond acceptors (Lipinski definition) is 5. The van der Waals surface area contributed by atoms with Gasteiger partial charge in [-0.2, -0.15) is 5.10 Å². The molecule has 0 aliphatic carbocycles. The zero-order valence-electron chi connectivity index (χ0n) is 15.0. The first-order valence-electron chi connectivity index (χ1n) is 8.92. The zero-order valence-corrected chi connectivity index (χ0v) is 15.9. The Bertz CT molecular complexity index is 1020. The molecule has 0 bridgehead atoms. The summed E-state index contributed by atoms with van der Waals surface area (Å²) in [5.74, 6) is -0.368. The SMILES string of the molecule is O=C(Nc1cccc(-c2nccs2)c1)C1=NN(Cc2ccccc2)C(=O)CC1. The summed E-state index contributed by atoms with van der Waals surface area (Å²) >= 11 is 1.54. The van der Waals surface area contributed by atoms with E-state index in [-0.39, 0.29) is 18.2 Å². The smallest absolute Gasteiger partial charge is 0.271 e. The second-order valence-electron chi connectivity index (χ2n) is 6.36. The van der Waals surface area contributed by atoms with Crippen molar-refractivity contribution in [2.24, 2.45) is 5.10 Å². The molecule has 1 N–H and O–H groups in total. The molecule has 1 aliphatic heterocycles. The van der Waals surface area contributed by atoms with Crippen LogP contribution in [0.4, 0.5) is 5.69 Å². The van der Waals surface area contributed by atoms with Crippen molar-refractivity contribution in [1.29, 1.82) is 0 Å². The Labute approximate surface area is 166 Å². The van der Waals surface area contributed by atoms with Gasteiger partial charge in [0.1, 0.15) is 10.7 Å².